The van der Waals surface area contributed by atoms with Gasteiger partial charge in [0.15, 0.2) is 5.78 Å². The fourth-order valence-corrected chi connectivity index (χ4v) is 4.79. The molecule has 2 unspecified atom stereocenters. The Kier molecular flexibility index (Phi) is 6.98. The third kappa shape index (κ3) is 5.00. The summed E-state index contributed by atoms with van der Waals surface area (Å²) in [5.74, 6) is 0.716. The van der Waals surface area contributed by atoms with E-state index in [2.05, 4.69) is 35.2 Å². The van der Waals surface area contributed by atoms with Crippen LogP contribution in [0.15, 0.2) is 54.6 Å². The highest BCUT2D eigenvalue weighted by atomic mass is 16.7. The zero-order valence-corrected chi connectivity index (χ0v) is 18.1. The first-order valence-corrected chi connectivity index (χ1v) is 11.2. The van der Waals surface area contributed by atoms with Crippen LogP contribution in [-0.4, -0.2) is 36.7 Å². The van der Waals surface area contributed by atoms with Gasteiger partial charge in [0.25, 0.3) is 0 Å². The van der Waals surface area contributed by atoms with Crippen molar-refractivity contribution in [3.05, 3.63) is 71.3 Å². The van der Waals surface area contributed by atoms with Crippen LogP contribution in [0.3, 0.4) is 0 Å². The SMILES string of the molecule is CC(C)OCOC1c2ccccc2C(=O)C1CC1CCN(Cc2ccccc2)CC1. The van der Waals surface area contributed by atoms with E-state index in [1.165, 1.54) is 5.56 Å². The van der Waals surface area contributed by atoms with Gasteiger partial charge in [0.1, 0.15) is 6.79 Å². The van der Waals surface area contributed by atoms with Crippen LogP contribution >= 0.6 is 0 Å². The summed E-state index contributed by atoms with van der Waals surface area (Å²) in [6, 6.07) is 18.6. The lowest BCUT2D eigenvalue weighted by molar-refractivity contribution is -0.121. The van der Waals surface area contributed by atoms with Gasteiger partial charge in [-0.1, -0.05) is 54.6 Å². The van der Waals surface area contributed by atoms with Crippen LogP contribution in [0.25, 0.3) is 0 Å². The average molecular weight is 408 g/mol. The highest BCUT2D eigenvalue weighted by molar-refractivity contribution is 6.02. The monoisotopic (exact) mass is 407 g/mol. The maximum atomic E-state index is 13.2. The molecular formula is C26H33NO3. The van der Waals surface area contributed by atoms with Gasteiger partial charge in [-0.25, -0.2) is 0 Å². The molecular weight excluding hydrogens is 374 g/mol. The van der Waals surface area contributed by atoms with E-state index in [-0.39, 0.29) is 30.7 Å². The first-order valence-electron chi connectivity index (χ1n) is 11.2. The number of ketones is 1. The Bertz CT molecular complexity index is 827. The Morgan fingerprint density at radius 2 is 1.70 bits per heavy atom. The lowest BCUT2D eigenvalue weighted by Crippen LogP contribution is -2.34. The third-order valence-electron chi connectivity index (χ3n) is 6.43. The quantitative estimate of drug-likeness (QED) is 0.561. The Hall–Kier alpha value is -2.01. The second-order valence-electron chi connectivity index (χ2n) is 8.92. The summed E-state index contributed by atoms with van der Waals surface area (Å²) in [4.78, 5) is 15.7. The smallest absolute Gasteiger partial charge is 0.169 e. The van der Waals surface area contributed by atoms with Crippen molar-refractivity contribution in [1.29, 1.82) is 0 Å². The molecule has 1 fully saturated rings. The summed E-state index contributed by atoms with van der Waals surface area (Å²) in [5, 5.41) is 0. The molecule has 0 radical (unpaired) electrons. The molecule has 1 aliphatic carbocycles. The molecule has 1 aliphatic heterocycles. The molecule has 0 aromatic heterocycles. The van der Waals surface area contributed by atoms with Gasteiger partial charge < -0.3 is 9.47 Å². The van der Waals surface area contributed by atoms with Gasteiger partial charge in [0.05, 0.1) is 18.1 Å². The van der Waals surface area contributed by atoms with Gasteiger partial charge in [-0.15, -0.1) is 0 Å². The molecule has 2 aliphatic rings. The van der Waals surface area contributed by atoms with Gasteiger partial charge in [-0.2, -0.15) is 0 Å². The van der Waals surface area contributed by atoms with E-state index in [0.717, 1.165) is 50.0 Å². The Morgan fingerprint density at radius 1 is 1.00 bits per heavy atom. The highest BCUT2D eigenvalue weighted by Gasteiger charge is 2.41. The van der Waals surface area contributed by atoms with E-state index in [0.29, 0.717) is 5.92 Å². The largest absolute Gasteiger partial charge is 0.353 e. The van der Waals surface area contributed by atoms with Crippen molar-refractivity contribution in [2.75, 3.05) is 19.9 Å². The molecule has 2 atom stereocenters. The van der Waals surface area contributed by atoms with Crippen LogP contribution in [0.4, 0.5) is 0 Å². The van der Waals surface area contributed by atoms with Gasteiger partial charge in [0, 0.05) is 12.1 Å². The van der Waals surface area contributed by atoms with Gasteiger partial charge in [0.2, 0.25) is 0 Å². The summed E-state index contributed by atoms with van der Waals surface area (Å²) in [6.45, 7) is 7.43. The number of carbonyl (C=O) groups is 1. The van der Waals surface area contributed by atoms with Crippen LogP contribution in [0.1, 0.15) is 60.7 Å². The summed E-state index contributed by atoms with van der Waals surface area (Å²) >= 11 is 0. The van der Waals surface area contributed by atoms with Gasteiger partial charge >= 0.3 is 0 Å². The number of likely N-dealkylation sites (tertiary alicyclic amines) is 1. The van der Waals surface area contributed by atoms with E-state index in [1.807, 2.05) is 38.1 Å². The second-order valence-corrected chi connectivity index (χ2v) is 8.92. The van der Waals surface area contributed by atoms with Crippen LogP contribution in [0.5, 0.6) is 0 Å². The predicted octanol–water partition coefficient (Wildman–Crippen LogP) is 5.24. The minimum atomic E-state index is -0.185. The molecule has 1 saturated heterocycles. The number of hydrogen-bond acceptors (Lipinski definition) is 4. The maximum Gasteiger partial charge on any atom is 0.169 e. The number of rotatable bonds is 8. The van der Waals surface area contributed by atoms with Crippen molar-refractivity contribution in [1.82, 2.24) is 4.90 Å². The number of piperidine rings is 1. The molecule has 4 heteroatoms. The zero-order chi connectivity index (χ0) is 20.9. The van der Waals surface area contributed by atoms with Crippen LogP contribution in [0.2, 0.25) is 0 Å². The van der Waals surface area contributed by atoms with Crippen molar-refractivity contribution < 1.29 is 14.3 Å². The summed E-state index contributed by atoms with van der Waals surface area (Å²) in [5.41, 5.74) is 3.23. The molecule has 160 valence electrons. The van der Waals surface area contributed by atoms with Crippen molar-refractivity contribution in [2.24, 2.45) is 11.8 Å². The lowest BCUT2D eigenvalue weighted by Gasteiger charge is -2.33. The van der Waals surface area contributed by atoms with Crippen molar-refractivity contribution in [3.63, 3.8) is 0 Å². The second kappa shape index (κ2) is 9.86. The number of ether oxygens (including phenoxy) is 2. The highest BCUT2D eigenvalue weighted by Crippen LogP contribution is 2.43. The molecule has 0 amide bonds. The molecule has 2 aromatic carbocycles. The first-order chi connectivity index (χ1) is 14.6. The van der Waals surface area contributed by atoms with Crippen LogP contribution < -0.4 is 0 Å². The summed E-state index contributed by atoms with van der Waals surface area (Å²) in [6.07, 6.45) is 3.11. The van der Waals surface area contributed by atoms with Gasteiger partial charge in [-0.05, 0) is 63.2 Å². The van der Waals surface area contributed by atoms with Gasteiger partial charge in [-0.3, -0.25) is 9.69 Å². The molecule has 30 heavy (non-hydrogen) atoms. The average Bonchev–Trinajstić information content (AvgIpc) is 3.02. The topological polar surface area (TPSA) is 38.8 Å². The predicted molar refractivity (Wildman–Crippen MR) is 118 cm³/mol. The molecule has 0 saturated carbocycles. The van der Waals surface area contributed by atoms with E-state index in [9.17, 15) is 4.79 Å². The Morgan fingerprint density at radius 3 is 2.43 bits per heavy atom. The number of carbonyl (C=O) groups excluding carboxylic acids is 1. The van der Waals surface area contributed by atoms with Crippen molar-refractivity contribution in [3.8, 4) is 0 Å². The maximum absolute atomic E-state index is 13.2. The number of nitrogens with zero attached hydrogens (tertiary/aromatic N) is 1. The molecule has 0 N–H and O–H groups in total. The summed E-state index contributed by atoms with van der Waals surface area (Å²) < 4.78 is 11.7. The fourth-order valence-electron chi connectivity index (χ4n) is 4.79. The lowest BCUT2D eigenvalue weighted by atomic mass is 9.84. The first kappa shape index (κ1) is 21.2. The molecule has 4 nitrogen and oxygen atoms in total. The van der Waals surface area contributed by atoms with Crippen molar-refractivity contribution >= 4 is 5.78 Å². The number of hydrogen-bond donors (Lipinski definition) is 0. The van der Waals surface area contributed by atoms with E-state index in [1.54, 1.807) is 0 Å². The normalized spacial score (nSPS) is 22.6. The van der Waals surface area contributed by atoms with Crippen molar-refractivity contribution in [2.45, 2.75) is 51.9 Å². The molecule has 4 rings (SSSR count). The third-order valence-corrected chi connectivity index (χ3v) is 6.43. The summed E-state index contributed by atoms with van der Waals surface area (Å²) in [7, 11) is 0. The van der Waals surface area contributed by atoms with E-state index >= 15 is 0 Å². The van der Waals surface area contributed by atoms with Crippen LogP contribution in [0, 0.1) is 11.8 Å². The number of Topliss-reactive ketones (excluding diaryl/α,β-unsaturated/α-hetero) is 1. The van der Waals surface area contributed by atoms with Crippen LogP contribution in [-0.2, 0) is 16.0 Å². The number of fused-ring (bicyclic) bond motifs is 1. The van der Waals surface area contributed by atoms with E-state index in [4.69, 9.17) is 9.47 Å². The minimum absolute atomic E-state index is 0.0937. The van der Waals surface area contributed by atoms with E-state index < -0.39 is 0 Å². The zero-order valence-electron chi connectivity index (χ0n) is 18.1. The molecule has 1 heterocycles. The molecule has 2 aromatic rings. The Balaban J connectivity index is 1.36. The Labute approximate surface area is 180 Å². The standard InChI is InChI=1S/C26H33NO3/c1-19(2)29-18-30-26-23-11-7-6-10-22(23)25(28)24(26)16-20-12-14-27(15-13-20)17-21-8-4-3-5-9-21/h3-11,19-20,24,26H,12-18H2,1-2H3. The fraction of sp³-hybridized carbons (Fsp3) is 0.500. The molecule has 0 bridgehead atoms. The minimum Gasteiger partial charge on any atom is -0.353 e. The molecule has 0 spiro atoms. The number of benzene rings is 2.